The molecule has 1 aliphatic heterocycles. The van der Waals surface area contributed by atoms with Crippen LogP contribution in [-0.2, 0) is 5.41 Å². The highest BCUT2D eigenvalue weighted by Crippen LogP contribution is 2.59. The molecule has 2 heterocycles. The molecule has 1 aliphatic carbocycles. The lowest BCUT2D eigenvalue weighted by Crippen LogP contribution is -2.28. The van der Waals surface area contributed by atoms with Gasteiger partial charge in [-0.3, -0.25) is 4.98 Å². The van der Waals surface area contributed by atoms with Gasteiger partial charge in [0.1, 0.15) is 0 Å². The van der Waals surface area contributed by atoms with E-state index in [4.69, 9.17) is 14.5 Å². The SMILES string of the molecule is c1ccc(C2(c3ccccc3)c3ccccc3-c3cc4c(cc32)Oc2cc(-c3cccc(-c5cnc6ccccc6n5)c3)ccc2O4)cc1. The minimum absolute atomic E-state index is 0.513. The Morgan fingerprint density at radius 1 is 0.408 bits per heavy atom. The second-order valence-electron chi connectivity index (χ2n) is 12.6. The molecule has 0 saturated carbocycles. The van der Waals surface area contributed by atoms with Crippen LogP contribution in [0.3, 0.4) is 0 Å². The maximum absolute atomic E-state index is 6.74. The average Bonchev–Trinajstić information content (AvgIpc) is 3.46. The molecule has 0 radical (unpaired) electrons. The molecule has 0 spiro atoms. The van der Waals surface area contributed by atoms with E-state index in [2.05, 4.69) is 138 Å². The second kappa shape index (κ2) is 10.8. The number of rotatable bonds is 4. The maximum atomic E-state index is 6.74. The van der Waals surface area contributed by atoms with Crippen LogP contribution in [0.15, 0.2) is 170 Å². The van der Waals surface area contributed by atoms with E-state index >= 15 is 0 Å². The van der Waals surface area contributed by atoms with Crippen molar-refractivity contribution in [3.05, 3.63) is 192 Å². The Kier molecular flexibility index (Phi) is 6.06. The number of aromatic nitrogens is 2. The van der Waals surface area contributed by atoms with Crippen LogP contribution in [0.4, 0.5) is 0 Å². The van der Waals surface area contributed by atoms with Gasteiger partial charge in [0.25, 0.3) is 0 Å². The van der Waals surface area contributed by atoms with Crippen LogP contribution in [-0.4, -0.2) is 9.97 Å². The lowest BCUT2D eigenvalue weighted by molar-refractivity contribution is 0.359. The Labute approximate surface area is 283 Å². The summed E-state index contributed by atoms with van der Waals surface area (Å²) in [5, 5.41) is 0. The molecule has 230 valence electrons. The van der Waals surface area contributed by atoms with Crippen molar-refractivity contribution in [2.75, 3.05) is 0 Å². The predicted octanol–water partition coefficient (Wildman–Crippen LogP) is 11.2. The molecule has 0 atom stereocenters. The van der Waals surface area contributed by atoms with E-state index < -0.39 is 5.41 Å². The summed E-state index contributed by atoms with van der Waals surface area (Å²) in [5.74, 6) is 2.79. The highest BCUT2D eigenvalue weighted by molar-refractivity contribution is 5.88. The predicted molar refractivity (Wildman–Crippen MR) is 194 cm³/mol. The van der Waals surface area contributed by atoms with E-state index in [1.807, 2.05) is 36.5 Å². The van der Waals surface area contributed by atoms with E-state index in [0.29, 0.717) is 23.0 Å². The first kappa shape index (κ1) is 27.6. The standard InChI is InChI=1S/C45H28N2O2/c1-3-14-32(15-4-1)45(33-16-5-2-6-17-33)36-19-8-7-18-34(36)35-26-43-44(27-37(35)45)49-42-25-30(22-23-41(42)48-43)29-12-11-13-31(24-29)40-28-46-38-20-9-10-21-39(38)47-40/h1-28H. The fourth-order valence-corrected chi connectivity index (χ4v) is 7.65. The molecular formula is C45H28N2O2. The van der Waals surface area contributed by atoms with E-state index in [1.54, 1.807) is 0 Å². The molecule has 0 amide bonds. The smallest absolute Gasteiger partial charge is 0.170 e. The quantitative estimate of drug-likeness (QED) is 0.195. The number of nitrogens with zero attached hydrogens (tertiary/aromatic N) is 2. The lowest BCUT2D eigenvalue weighted by Gasteiger charge is -2.34. The number of hydrogen-bond acceptors (Lipinski definition) is 4. The van der Waals surface area contributed by atoms with Crippen LogP contribution in [0.5, 0.6) is 23.0 Å². The highest BCUT2D eigenvalue weighted by Gasteiger charge is 2.47. The zero-order valence-corrected chi connectivity index (χ0v) is 26.4. The van der Waals surface area contributed by atoms with E-state index in [0.717, 1.165) is 39.0 Å². The third kappa shape index (κ3) is 4.24. The van der Waals surface area contributed by atoms with Gasteiger partial charge in [-0.25, -0.2) is 4.98 Å². The molecule has 0 fully saturated rings. The van der Waals surface area contributed by atoms with Gasteiger partial charge < -0.3 is 9.47 Å². The Bertz CT molecular complexity index is 2520. The Morgan fingerprint density at radius 2 is 1.04 bits per heavy atom. The van der Waals surface area contributed by atoms with Gasteiger partial charge in [-0.2, -0.15) is 0 Å². The summed E-state index contributed by atoms with van der Waals surface area (Å²) in [6.07, 6.45) is 1.84. The van der Waals surface area contributed by atoms with E-state index in [9.17, 15) is 0 Å². The van der Waals surface area contributed by atoms with Crippen molar-refractivity contribution in [1.29, 1.82) is 0 Å². The molecule has 1 aromatic heterocycles. The van der Waals surface area contributed by atoms with Gasteiger partial charge in [-0.1, -0.05) is 121 Å². The molecule has 0 unspecified atom stereocenters. The molecule has 10 rings (SSSR count). The van der Waals surface area contributed by atoms with Gasteiger partial charge in [-0.05, 0) is 87.0 Å². The zero-order chi connectivity index (χ0) is 32.4. The summed E-state index contributed by atoms with van der Waals surface area (Å²) in [4.78, 5) is 9.49. The molecule has 7 aromatic carbocycles. The number of hydrogen-bond donors (Lipinski definition) is 0. The van der Waals surface area contributed by atoms with Crippen LogP contribution in [0.2, 0.25) is 0 Å². The first-order valence-corrected chi connectivity index (χ1v) is 16.5. The molecule has 49 heavy (non-hydrogen) atoms. The monoisotopic (exact) mass is 628 g/mol. The minimum atomic E-state index is -0.513. The maximum Gasteiger partial charge on any atom is 0.170 e. The van der Waals surface area contributed by atoms with Gasteiger partial charge in [-0.15, -0.1) is 0 Å². The molecule has 0 saturated heterocycles. The van der Waals surface area contributed by atoms with Crippen molar-refractivity contribution < 1.29 is 9.47 Å². The normalized spacial score (nSPS) is 13.4. The third-order valence-electron chi connectivity index (χ3n) is 9.85. The van der Waals surface area contributed by atoms with Crippen LogP contribution in [0.1, 0.15) is 22.3 Å². The van der Waals surface area contributed by atoms with Gasteiger partial charge in [0.2, 0.25) is 0 Å². The minimum Gasteiger partial charge on any atom is -0.449 e. The molecule has 8 aromatic rings. The number of benzene rings is 7. The van der Waals surface area contributed by atoms with E-state index in [-0.39, 0.29) is 0 Å². The Hall–Kier alpha value is -6.52. The molecule has 4 nitrogen and oxygen atoms in total. The Morgan fingerprint density at radius 3 is 1.86 bits per heavy atom. The van der Waals surface area contributed by atoms with Crippen LogP contribution in [0.25, 0.3) is 44.5 Å². The van der Waals surface area contributed by atoms with Gasteiger partial charge in [0.05, 0.1) is 28.3 Å². The second-order valence-corrected chi connectivity index (χ2v) is 12.6. The first-order chi connectivity index (χ1) is 24.3. The summed E-state index contributed by atoms with van der Waals surface area (Å²) in [6.45, 7) is 0. The van der Waals surface area contributed by atoms with Crippen LogP contribution in [0, 0.1) is 0 Å². The highest BCUT2D eigenvalue weighted by atomic mass is 16.6. The van der Waals surface area contributed by atoms with Gasteiger partial charge >= 0.3 is 0 Å². The molecular weight excluding hydrogens is 601 g/mol. The largest absolute Gasteiger partial charge is 0.449 e. The summed E-state index contributed by atoms with van der Waals surface area (Å²) in [7, 11) is 0. The lowest BCUT2D eigenvalue weighted by atomic mass is 9.67. The van der Waals surface area contributed by atoms with Crippen LogP contribution >= 0.6 is 0 Å². The van der Waals surface area contributed by atoms with Gasteiger partial charge in [0.15, 0.2) is 23.0 Å². The number of ether oxygens (including phenoxy) is 2. The zero-order valence-electron chi connectivity index (χ0n) is 26.4. The van der Waals surface area contributed by atoms with Gasteiger partial charge in [0, 0.05) is 5.56 Å². The number of para-hydroxylation sites is 2. The Balaban J connectivity index is 1.08. The summed E-state index contributed by atoms with van der Waals surface area (Å²) >= 11 is 0. The number of fused-ring (bicyclic) bond motifs is 6. The fourth-order valence-electron chi connectivity index (χ4n) is 7.65. The summed E-state index contributed by atoms with van der Waals surface area (Å²) in [6, 6.07) is 57.1. The molecule has 2 aliphatic rings. The van der Waals surface area contributed by atoms with Crippen LogP contribution < -0.4 is 9.47 Å². The molecule has 0 bridgehead atoms. The first-order valence-electron chi connectivity index (χ1n) is 16.5. The van der Waals surface area contributed by atoms with Crippen molar-refractivity contribution in [3.63, 3.8) is 0 Å². The van der Waals surface area contributed by atoms with Crippen molar-refractivity contribution in [2.45, 2.75) is 5.41 Å². The molecule has 4 heteroatoms. The van der Waals surface area contributed by atoms with Crippen molar-refractivity contribution >= 4 is 11.0 Å². The van der Waals surface area contributed by atoms with E-state index in [1.165, 1.54) is 27.8 Å². The van der Waals surface area contributed by atoms with Crippen molar-refractivity contribution in [2.24, 2.45) is 0 Å². The molecule has 0 N–H and O–H groups in total. The average molecular weight is 629 g/mol. The topological polar surface area (TPSA) is 44.2 Å². The summed E-state index contributed by atoms with van der Waals surface area (Å²) < 4.78 is 13.3. The fraction of sp³-hybridized carbons (Fsp3) is 0.0222. The summed E-state index contributed by atoms with van der Waals surface area (Å²) in [5.41, 5.74) is 12.4. The third-order valence-corrected chi connectivity index (χ3v) is 9.85. The van der Waals surface area contributed by atoms with Crippen molar-refractivity contribution in [3.8, 4) is 56.5 Å². The van der Waals surface area contributed by atoms with Crippen molar-refractivity contribution in [1.82, 2.24) is 9.97 Å².